The Kier molecular flexibility index (Phi) is 8.21. The molecule has 2 aromatic carbocycles. The minimum atomic E-state index is -0.462. The van der Waals surface area contributed by atoms with E-state index in [9.17, 15) is 19.7 Å². The molecule has 0 aromatic heterocycles. The molecule has 0 aliphatic heterocycles. The summed E-state index contributed by atoms with van der Waals surface area (Å²) in [6, 6.07) is 11.8. The van der Waals surface area contributed by atoms with Crippen LogP contribution in [0.4, 0.5) is 17.1 Å². The SMILES string of the molecule is CCC(Sc1cccc(NC(=O)CC(C)(C)C)c1)C(=O)Nc1ccc([N+](=O)[O-])cc1C. The van der Waals surface area contributed by atoms with Crippen LogP contribution < -0.4 is 10.6 Å². The summed E-state index contributed by atoms with van der Waals surface area (Å²) in [5, 5.41) is 16.3. The van der Waals surface area contributed by atoms with Crippen LogP contribution in [0.15, 0.2) is 47.4 Å². The monoisotopic (exact) mass is 443 g/mol. The predicted octanol–water partition coefficient (Wildman–Crippen LogP) is 5.79. The maximum atomic E-state index is 12.8. The number of rotatable bonds is 8. The highest BCUT2D eigenvalue weighted by Crippen LogP contribution is 2.30. The summed E-state index contributed by atoms with van der Waals surface area (Å²) in [6.45, 7) is 9.68. The van der Waals surface area contributed by atoms with Crippen LogP contribution in [-0.4, -0.2) is 22.0 Å². The molecule has 2 aromatic rings. The van der Waals surface area contributed by atoms with E-state index in [2.05, 4.69) is 10.6 Å². The summed E-state index contributed by atoms with van der Waals surface area (Å²) in [4.78, 5) is 36.3. The van der Waals surface area contributed by atoms with Crippen LogP contribution >= 0.6 is 11.8 Å². The van der Waals surface area contributed by atoms with Crippen LogP contribution in [0.1, 0.15) is 46.1 Å². The molecule has 0 radical (unpaired) electrons. The molecule has 0 fully saturated rings. The van der Waals surface area contributed by atoms with E-state index in [0.717, 1.165) is 4.90 Å². The summed E-state index contributed by atoms with van der Waals surface area (Å²) < 4.78 is 0. The lowest BCUT2D eigenvalue weighted by atomic mass is 9.92. The number of hydrogen-bond acceptors (Lipinski definition) is 5. The fraction of sp³-hybridized carbons (Fsp3) is 0.391. The maximum Gasteiger partial charge on any atom is 0.269 e. The molecule has 0 heterocycles. The third-order valence-electron chi connectivity index (χ3n) is 4.43. The standard InChI is InChI=1S/C23H29N3O4S/c1-6-20(22(28)25-19-11-10-17(26(29)30)12-15(19)2)31-18-9-7-8-16(13-18)24-21(27)14-23(3,4)5/h7-13,20H,6,14H2,1-5H3,(H,24,27)(H,25,28). The molecule has 31 heavy (non-hydrogen) atoms. The second kappa shape index (κ2) is 10.4. The lowest BCUT2D eigenvalue weighted by Gasteiger charge is -2.18. The van der Waals surface area contributed by atoms with Gasteiger partial charge in [0.2, 0.25) is 11.8 Å². The Balaban J connectivity index is 2.06. The Bertz CT molecular complexity index is 970. The number of nitrogens with one attached hydrogen (secondary N) is 2. The number of benzene rings is 2. The van der Waals surface area contributed by atoms with Gasteiger partial charge in [0, 0.05) is 34.8 Å². The van der Waals surface area contributed by atoms with Gasteiger partial charge in [-0.15, -0.1) is 11.8 Å². The molecule has 2 N–H and O–H groups in total. The average molecular weight is 444 g/mol. The lowest BCUT2D eigenvalue weighted by Crippen LogP contribution is -2.25. The zero-order chi connectivity index (χ0) is 23.2. The van der Waals surface area contributed by atoms with Crippen molar-refractivity contribution in [3.05, 3.63) is 58.1 Å². The molecule has 0 aliphatic carbocycles. The Morgan fingerprint density at radius 2 is 1.84 bits per heavy atom. The first kappa shape index (κ1) is 24.4. The van der Waals surface area contributed by atoms with Gasteiger partial charge in [0.05, 0.1) is 10.2 Å². The first-order chi connectivity index (χ1) is 14.5. The number of aryl methyl sites for hydroxylation is 1. The van der Waals surface area contributed by atoms with Gasteiger partial charge in [-0.05, 0) is 48.6 Å². The number of nitro benzene ring substituents is 1. The molecule has 2 amide bonds. The van der Waals surface area contributed by atoms with Gasteiger partial charge in [0.15, 0.2) is 0 Å². The van der Waals surface area contributed by atoms with Gasteiger partial charge in [-0.2, -0.15) is 0 Å². The second-order valence-corrected chi connectivity index (χ2v) is 9.85. The number of nitrogens with zero attached hydrogens (tertiary/aromatic N) is 1. The van der Waals surface area contributed by atoms with Crippen LogP contribution in [0, 0.1) is 22.5 Å². The van der Waals surface area contributed by atoms with Crippen molar-refractivity contribution in [1.82, 2.24) is 0 Å². The lowest BCUT2D eigenvalue weighted by molar-refractivity contribution is -0.384. The predicted molar refractivity (Wildman–Crippen MR) is 126 cm³/mol. The first-order valence-electron chi connectivity index (χ1n) is 10.1. The number of non-ortho nitro benzene ring substituents is 1. The molecule has 166 valence electrons. The second-order valence-electron chi connectivity index (χ2n) is 8.57. The van der Waals surface area contributed by atoms with E-state index in [-0.39, 0.29) is 28.2 Å². The van der Waals surface area contributed by atoms with Gasteiger partial charge >= 0.3 is 0 Å². The quantitative estimate of drug-likeness (QED) is 0.306. The molecular formula is C23H29N3O4S. The van der Waals surface area contributed by atoms with Crippen molar-refractivity contribution in [2.45, 2.75) is 57.6 Å². The first-order valence-corrected chi connectivity index (χ1v) is 11.0. The van der Waals surface area contributed by atoms with Crippen molar-refractivity contribution in [3.8, 4) is 0 Å². The summed E-state index contributed by atoms with van der Waals surface area (Å²) >= 11 is 1.41. The van der Waals surface area contributed by atoms with Crippen molar-refractivity contribution < 1.29 is 14.5 Å². The number of anilines is 2. The molecule has 2 rings (SSSR count). The molecule has 0 bridgehead atoms. The summed E-state index contributed by atoms with van der Waals surface area (Å²) in [7, 11) is 0. The molecule has 1 unspecified atom stereocenters. The van der Waals surface area contributed by atoms with E-state index in [0.29, 0.717) is 29.8 Å². The van der Waals surface area contributed by atoms with Crippen LogP contribution in [0.3, 0.4) is 0 Å². The van der Waals surface area contributed by atoms with Gasteiger partial charge in [-0.1, -0.05) is 33.8 Å². The molecule has 0 aliphatic rings. The van der Waals surface area contributed by atoms with Gasteiger partial charge in [0.25, 0.3) is 5.69 Å². The van der Waals surface area contributed by atoms with Crippen LogP contribution in [0.5, 0.6) is 0 Å². The summed E-state index contributed by atoms with van der Waals surface area (Å²) in [5.41, 5.74) is 1.77. The highest BCUT2D eigenvalue weighted by molar-refractivity contribution is 8.00. The topological polar surface area (TPSA) is 101 Å². The number of nitro groups is 1. The highest BCUT2D eigenvalue weighted by Gasteiger charge is 2.20. The average Bonchev–Trinajstić information content (AvgIpc) is 2.66. The Labute approximate surface area is 187 Å². The molecule has 8 heteroatoms. The normalized spacial score (nSPS) is 12.2. The minimum absolute atomic E-state index is 0.0118. The zero-order valence-electron chi connectivity index (χ0n) is 18.5. The minimum Gasteiger partial charge on any atom is -0.326 e. The molecule has 0 saturated heterocycles. The van der Waals surface area contributed by atoms with E-state index in [4.69, 9.17) is 0 Å². The van der Waals surface area contributed by atoms with Crippen molar-refractivity contribution in [2.24, 2.45) is 5.41 Å². The van der Waals surface area contributed by atoms with Crippen LogP contribution in [0.25, 0.3) is 0 Å². The fourth-order valence-corrected chi connectivity index (χ4v) is 3.95. The molecule has 1 atom stereocenters. The van der Waals surface area contributed by atoms with E-state index in [1.807, 2.05) is 52.0 Å². The smallest absolute Gasteiger partial charge is 0.269 e. The number of carbonyl (C=O) groups is 2. The third-order valence-corrected chi connectivity index (χ3v) is 5.79. The fourth-order valence-electron chi connectivity index (χ4n) is 2.94. The van der Waals surface area contributed by atoms with Crippen LogP contribution in [0.2, 0.25) is 0 Å². The summed E-state index contributed by atoms with van der Waals surface area (Å²) in [6.07, 6.45) is 1.02. The van der Waals surface area contributed by atoms with Gasteiger partial charge in [-0.25, -0.2) is 0 Å². The summed E-state index contributed by atoms with van der Waals surface area (Å²) in [5.74, 6) is -0.222. The van der Waals surface area contributed by atoms with Gasteiger partial charge < -0.3 is 10.6 Å². The largest absolute Gasteiger partial charge is 0.326 e. The van der Waals surface area contributed by atoms with Gasteiger partial charge in [0.1, 0.15) is 0 Å². The zero-order valence-corrected chi connectivity index (χ0v) is 19.3. The van der Waals surface area contributed by atoms with Crippen molar-refractivity contribution in [2.75, 3.05) is 10.6 Å². The third kappa shape index (κ3) is 7.71. The van der Waals surface area contributed by atoms with Crippen molar-refractivity contribution in [3.63, 3.8) is 0 Å². The van der Waals surface area contributed by atoms with Crippen molar-refractivity contribution >= 4 is 40.6 Å². The number of amides is 2. The Hall–Kier alpha value is -2.87. The number of thioether (sulfide) groups is 1. The Morgan fingerprint density at radius 3 is 2.42 bits per heavy atom. The molecule has 0 saturated carbocycles. The Morgan fingerprint density at radius 1 is 1.13 bits per heavy atom. The molecule has 7 nitrogen and oxygen atoms in total. The number of hydrogen-bond donors (Lipinski definition) is 2. The molecule has 0 spiro atoms. The maximum absolute atomic E-state index is 12.8. The van der Waals surface area contributed by atoms with E-state index in [1.54, 1.807) is 13.0 Å². The van der Waals surface area contributed by atoms with Gasteiger partial charge in [-0.3, -0.25) is 19.7 Å². The van der Waals surface area contributed by atoms with E-state index in [1.165, 1.54) is 23.9 Å². The molecular weight excluding hydrogens is 414 g/mol. The number of carbonyl (C=O) groups excluding carboxylic acids is 2. The van der Waals surface area contributed by atoms with Crippen molar-refractivity contribution in [1.29, 1.82) is 0 Å². The van der Waals surface area contributed by atoms with Crippen LogP contribution in [-0.2, 0) is 9.59 Å². The van der Waals surface area contributed by atoms with E-state index >= 15 is 0 Å². The van der Waals surface area contributed by atoms with E-state index < -0.39 is 4.92 Å². The highest BCUT2D eigenvalue weighted by atomic mass is 32.2.